The normalized spacial score (nSPS) is 13.0. The van der Waals surface area contributed by atoms with E-state index >= 15 is 0 Å². The SMILES string of the molecule is NC(COc1ccc(Cl)cc1)c1ccccc1C(F)(F)F. The van der Waals surface area contributed by atoms with Gasteiger partial charge >= 0.3 is 6.18 Å². The second-order valence-electron chi connectivity index (χ2n) is 4.46. The van der Waals surface area contributed by atoms with Crippen molar-refractivity contribution < 1.29 is 17.9 Å². The van der Waals surface area contributed by atoms with Gasteiger partial charge in [-0.15, -0.1) is 0 Å². The molecule has 1 atom stereocenters. The molecular weight excluding hydrogens is 303 g/mol. The van der Waals surface area contributed by atoms with Crippen LogP contribution in [0.25, 0.3) is 0 Å². The fourth-order valence-corrected chi connectivity index (χ4v) is 2.01. The van der Waals surface area contributed by atoms with Gasteiger partial charge in [-0.3, -0.25) is 0 Å². The zero-order chi connectivity index (χ0) is 15.5. The van der Waals surface area contributed by atoms with E-state index in [1.807, 2.05) is 0 Å². The largest absolute Gasteiger partial charge is 0.492 e. The van der Waals surface area contributed by atoms with Crippen molar-refractivity contribution in [2.24, 2.45) is 5.73 Å². The van der Waals surface area contributed by atoms with E-state index in [4.69, 9.17) is 22.1 Å². The van der Waals surface area contributed by atoms with Crippen molar-refractivity contribution in [1.29, 1.82) is 0 Å². The zero-order valence-corrected chi connectivity index (χ0v) is 11.7. The number of benzene rings is 2. The van der Waals surface area contributed by atoms with E-state index in [9.17, 15) is 13.2 Å². The third-order valence-electron chi connectivity index (χ3n) is 2.91. The number of rotatable bonds is 4. The molecule has 0 spiro atoms. The van der Waals surface area contributed by atoms with Gasteiger partial charge < -0.3 is 10.5 Å². The van der Waals surface area contributed by atoms with E-state index in [1.54, 1.807) is 24.3 Å². The molecule has 1 unspecified atom stereocenters. The van der Waals surface area contributed by atoms with Crippen molar-refractivity contribution in [2.45, 2.75) is 12.2 Å². The van der Waals surface area contributed by atoms with E-state index in [-0.39, 0.29) is 12.2 Å². The third-order valence-corrected chi connectivity index (χ3v) is 3.16. The Morgan fingerprint density at radius 3 is 2.29 bits per heavy atom. The van der Waals surface area contributed by atoms with Gasteiger partial charge in [0, 0.05) is 5.02 Å². The van der Waals surface area contributed by atoms with Crippen LogP contribution in [0.1, 0.15) is 17.2 Å². The lowest BCUT2D eigenvalue weighted by atomic mass is 10.0. The lowest BCUT2D eigenvalue weighted by Crippen LogP contribution is -2.23. The molecule has 0 bridgehead atoms. The van der Waals surface area contributed by atoms with Gasteiger partial charge in [0.05, 0.1) is 11.6 Å². The van der Waals surface area contributed by atoms with Crippen molar-refractivity contribution in [3.8, 4) is 5.75 Å². The first kappa shape index (κ1) is 15.7. The fourth-order valence-electron chi connectivity index (χ4n) is 1.89. The molecule has 2 rings (SSSR count). The number of hydrogen-bond donors (Lipinski definition) is 1. The van der Waals surface area contributed by atoms with Gasteiger partial charge in [0.25, 0.3) is 0 Å². The average Bonchev–Trinajstić information content (AvgIpc) is 2.45. The maximum atomic E-state index is 12.9. The summed E-state index contributed by atoms with van der Waals surface area (Å²) in [5, 5.41) is 0.550. The topological polar surface area (TPSA) is 35.2 Å². The molecule has 6 heteroatoms. The molecule has 0 aromatic heterocycles. The van der Waals surface area contributed by atoms with Crippen LogP contribution in [0.3, 0.4) is 0 Å². The van der Waals surface area contributed by atoms with Crippen LogP contribution in [0.15, 0.2) is 48.5 Å². The zero-order valence-electron chi connectivity index (χ0n) is 10.9. The Morgan fingerprint density at radius 2 is 1.67 bits per heavy atom. The number of nitrogens with two attached hydrogens (primary N) is 1. The van der Waals surface area contributed by atoms with Crippen molar-refractivity contribution in [1.82, 2.24) is 0 Å². The Balaban J connectivity index is 2.10. The Kier molecular flexibility index (Phi) is 4.75. The summed E-state index contributed by atoms with van der Waals surface area (Å²) >= 11 is 5.74. The Bertz CT molecular complexity index is 599. The molecule has 21 heavy (non-hydrogen) atoms. The lowest BCUT2D eigenvalue weighted by molar-refractivity contribution is -0.138. The minimum Gasteiger partial charge on any atom is -0.492 e. The van der Waals surface area contributed by atoms with E-state index in [2.05, 4.69) is 0 Å². The molecule has 0 aliphatic heterocycles. The molecule has 0 radical (unpaired) electrons. The predicted octanol–water partition coefficient (Wildman–Crippen LogP) is 4.44. The molecule has 2 aromatic carbocycles. The first-order chi connectivity index (χ1) is 9.88. The third kappa shape index (κ3) is 4.12. The summed E-state index contributed by atoms with van der Waals surface area (Å²) in [6, 6.07) is 10.9. The molecule has 0 saturated carbocycles. The summed E-state index contributed by atoms with van der Waals surface area (Å²) in [5.74, 6) is 0.499. The highest BCUT2D eigenvalue weighted by Crippen LogP contribution is 2.34. The molecule has 2 nitrogen and oxygen atoms in total. The highest BCUT2D eigenvalue weighted by atomic mass is 35.5. The molecule has 0 fully saturated rings. The fraction of sp³-hybridized carbons (Fsp3) is 0.200. The van der Waals surface area contributed by atoms with E-state index < -0.39 is 17.8 Å². The van der Waals surface area contributed by atoms with E-state index in [1.165, 1.54) is 18.2 Å². The maximum absolute atomic E-state index is 12.9. The summed E-state index contributed by atoms with van der Waals surface area (Å²) in [6.45, 7) is -0.0608. The molecule has 0 amide bonds. The van der Waals surface area contributed by atoms with Gasteiger partial charge in [0.1, 0.15) is 12.4 Å². The lowest BCUT2D eigenvalue weighted by Gasteiger charge is -2.18. The summed E-state index contributed by atoms with van der Waals surface area (Å²) < 4.78 is 44.1. The number of hydrogen-bond acceptors (Lipinski definition) is 2. The molecule has 0 aliphatic rings. The Morgan fingerprint density at radius 1 is 1.05 bits per heavy atom. The molecule has 112 valence electrons. The maximum Gasteiger partial charge on any atom is 0.416 e. The first-order valence-corrected chi connectivity index (χ1v) is 6.56. The molecule has 2 N–H and O–H groups in total. The van der Waals surface area contributed by atoms with Crippen LogP contribution in [-0.4, -0.2) is 6.61 Å². The van der Waals surface area contributed by atoms with Crippen molar-refractivity contribution in [3.05, 3.63) is 64.7 Å². The Hall–Kier alpha value is -1.72. The summed E-state index contributed by atoms with van der Waals surface area (Å²) in [6.07, 6.45) is -4.44. The van der Waals surface area contributed by atoms with Gasteiger partial charge in [0.15, 0.2) is 0 Å². The van der Waals surface area contributed by atoms with Crippen LogP contribution in [0.4, 0.5) is 13.2 Å². The first-order valence-electron chi connectivity index (χ1n) is 6.18. The molecule has 0 aliphatic carbocycles. The second-order valence-corrected chi connectivity index (χ2v) is 4.89. The summed E-state index contributed by atoms with van der Waals surface area (Å²) in [4.78, 5) is 0. The monoisotopic (exact) mass is 315 g/mol. The minimum atomic E-state index is -4.44. The van der Waals surface area contributed by atoms with Crippen LogP contribution in [-0.2, 0) is 6.18 Å². The van der Waals surface area contributed by atoms with Crippen LogP contribution >= 0.6 is 11.6 Å². The molecule has 0 heterocycles. The van der Waals surface area contributed by atoms with Gasteiger partial charge in [-0.2, -0.15) is 13.2 Å². The minimum absolute atomic E-state index is 0.0129. The molecule has 0 saturated heterocycles. The van der Waals surface area contributed by atoms with Crippen molar-refractivity contribution in [2.75, 3.05) is 6.61 Å². The number of ether oxygens (including phenoxy) is 1. The highest BCUT2D eigenvalue weighted by Gasteiger charge is 2.34. The number of alkyl halides is 3. The van der Waals surface area contributed by atoms with Gasteiger partial charge in [0.2, 0.25) is 0 Å². The van der Waals surface area contributed by atoms with Crippen LogP contribution in [0.5, 0.6) is 5.75 Å². The van der Waals surface area contributed by atoms with Crippen LogP contribution in [0, 0.1) is 0 Å². The van der Waals surface area contributed by atoms with E-state index in [0.29, 0.717) is 10.8 Å². The van der Waals surface area contributed by atoms with E-state index in [0.717, 1.165) is 6.07 Å². The quantitative estimate of drug-likeness (QED) is 0.905. The highest BCUT2D eigenvalue weighted by molar-refractivity contribution is 6.30. The predicted molar refractivity (Wildman–Crippen MR) is 75.3 cm³/mol. The van der Waals surface area contributed by atoms with Gasteiger partial charge in [-0.1, -0.05) is 29.8 Å². The summed E-state index contributed by atoms with van der Waals surface area (Å²) in [7, 11) is 0. The van der Waals surface area contributed by atoms with Gasteiger partial charge in [-0.05, 0) is 35.9 Å². The van der Waals surface area contributed by atoms with Crippen LogP contribution in [0.2, 0.25) is 5.02 Å². The molecule has 2 aromatic rings. The standard InChI is InChI=1S/C15H13ClF3NO/c16-10-5-7-11(8-6-10)21-9-14(20)12-3-1-2-4-13(12)15(17,18)19/h1-8,14H,9,20H2. The van der Waals surface area contributed by atoms with Crippen molar-refractivity contribution in [3.63, 3.8) is 0 Å². The summed E-state index contributed by atoms with van der Waals surface area (Å²) in [5.41, 5.74) is 5.09. The smallest absolute Gasteiger partial charge is 0.416 e. The average molecular weight is 316 g/mol. The van der Waals surface area contributed by atoms with Crippen LogP contribution < -0.4 is 10.5 Å². The van der Waals surface area contributed by atoms with Crippen molar-refractivity contribution >= 4 is 11.6 Å². The second kappa shape index (κ2) is 6.37. The molecular formula is C15H13ClF3NO. The van der Waals surface area contributed by atoms with Gasteiger partial charge in [-0.25, -0.2) is 0 Å². The Labute approximate surface area is 125 Å². The number of halogens is 4.